The Labute approximate surface area is 241 Å². The Kier molecular flexibility index (Phi) is 11.1. The Bertz CT molecular complexity index is 1240. The fourth-order valence-electron chi connectivity index (χ4n) is 5.34. The van der Waals surface area contributed by atoms with E-state index in [1.807, 2.05) is 50.2 Å². The zero-order valence-electron chi connectivity index (χ0n) is 25.6. The molecule has 3 heterocycles. The number of nitrogens with two attached hydrogens (primary N) is 1. The number of carbonyl (C=O) groups is 1. The van der Waals surface area contributed by atoms with Crippen molar-refractivity contribution in [3.05, 3.63) is 88.1 Å². The third kappa shape index (κ3) is 7.40. The van der Waals surface area contributed by atoms with Gasteiger partial charge in [0.25, 0.3) is 5.91 Å². The molecule has 7 heteroatoms. The first kappa shape index (κ1) is 31.1. The SMILES string of the molecule is CC.COC1=CC(c2ccnc(C)c2/C=C(\C)CN2CCC(c3ccc(C(=O)N(C)C)cc3)CC2)=CN(C)C1N. The summed E-state index contributed by atoms with van der Waals surface area (Å²) >= 11 is 0. The van der Waals surface area contributed by atoms with Gasteiger partial charge < -0.3 is 20.3 Å². The summed E-state index contributed by atoms with van der Waals surface area (Å²) in [5.74, 6) is 1.33. The predicted octanol–water partition coefficient (Wildman–Crippen LogP) is 5.50. The van der Waals surface area contributed by atoms with Crippen LogP contribution in [-0.4, -0.2) is 79.6 Å². The van der Waals surface area contributed by atoms with Gasteiger partial charge in [-0.2, -0.15) is 0 Å². The molecule has 0 aliphatic carbocycles. The third-order valence-corrected chi connectivity index (χ3v) is 7.59. The van der Waals surface area contributed by atoms with Crippen molar-refractivity contribution in [2.75, 3.05) is 47.9 Å². The molecule has 216 valence electrons. The zero-order chi connectivity index (χ0) is 29.4. The van der Waals surface area contributed by atoms with Gasteiger partial charge in [0.1, 0.15) is 11.9 Å². The van der Waals surface area contributed by atoms with Crippen LogP contribution in [-0.2, 0) is 4.74 Å². The highest BCUT2D eigenvalue weighted by atomic mass is 16.5. The molecule has 40 heavy (non-hydrogen) atoms. The molecule has 0 saturated carbocycles. The molecule has 7 nitrogen and oxygen atoms in total. The van der Waals surface area contributed by atoms with Gasteiger partial charge in [-0.3, -0.25) is 14.7 Å². The number of methoxy groups -OCH3 is 1. The molecule has 1 atom stereocenters. The number of hydrogen-bond acceptors (Lipinski definition) is 6. The second-order valence-corrected chi connectivity index (χ2v) is 10.7. The minimum atomic E-state index is -0.284. The fourth-order valence-corrected chi connectivity index (χ4v) is 5.34. The maximum Gasteiger partial charge on any atom is 0.253 e. The Morgan fingerprint density at radius 2 is 1.80 bits per heavy atom. The van der Waals surface area contributed by atoms with Crippen LogP contribution in [0.2, 0.25) is 0 Å². The van der Waals surface area contributed by atoms with Crippen LogP contribution in [0.4, 0.5) is 0 Å². The Hall–Kier alpha value is -3.42. The number of ether oxygens (including phenoxy) is 1. The molecule has 2 aliphatic heterocycles. The third-order valence-electron chi connectivity index (χ3n) is 7.59. The Morgan fingerprint density at radius 1 is 1.15 bits per heavy atom. The average molecular weight is 546 g/mol. The summed E-state index contributed by atoms with van der Waals surface area (Å²) in [7, 11) is 7.20. The van der Waals surface area contributed by atoms with Gasteiger partial charge in [0.05, 0.1) is 7.11 Å². The van der Waals surface area contributed by atoms with E-state index in [9.17, 15) is 4.79 Å². The van der Waals surface area contributed by atoms with E-state index >= 15 is 0 Å². The lowest BCUT2D eigenvalue weighted by atomic mass is 9.88. The summed E-state index contributed by atoms with van der Waals surface area (Å²) in [6.07, 6.45) is 10.2. The van der Waals surface area contributed by atoms with Crippen molar-refractivity contribution in [2.45, 2.75) is 52.6 Å². The number of carbonyl (C=O) groups excluding carboxylic acids is 1. The first-order chi connectivity index (χ1) is 19.2. The molecule has 1 saturated heterocycles. The molecule has 1 aromatic carbocycles. The summed E-state index contributed by atoms with van der Waals surface area (Å²) < 4.78 is 5.54. The molecule has 2 aliphatic rings. The second-order valence-electron chi connectivity index (χ2n) is 10.7. The van der Waals surface area contributed by atoms with Crippen LogP contribution in [0.3, 0.4) is 0 Å². The molecular weight excluding hydrogens is 498 g/mol. The largest absolute Gasteiger partial charge is 0.497 e. The zero-order valence-corrected chi connectivity index (χ0v) is 25.6. The van der Waals surface area contributed by atoms with E-state index in [-0.39, 0.29) is 12.1 Å². The molecule has 1 amide bonds. The standard InChI is InChI=1S/C31H41N5O2.C2H6/c1-21(17-28-22(2)33-14-11-27(28)26-18-29(38-6)30(32)35(5)20-26)19-36-15-12-24(13-16-36)23-7-9-25(10-8-23)31(37)34(3)4;1-2/h7-11,14,17-18,20,24,30H,12-13,15-16,19,32H2,1-6H3;1-2H3/b21-17+;. The van der Waals surface area contributed by atoms with E-state index in [2.05, 4.69) is 54.2 Å². The van der Waals surface area contributed by atoms with E-state index in [1.54, 1.807) is 26.1 Å². The number of amides is 1. The Balaban J connectivity index is 0.00000216. The minimum Gasteiger partial charge on any atom is -0.497 e. The molecule has 4 rings (SSSR count). The lowest BCUT2D eigenvalue weighted by Gasteiger charge is -2.32. The van der Waals surface area contributed by atoms with Crippen LogP contribution in [0.15, 0.2) is 60.1 Å². The van der Waals surface area contributed by atoms with Gasteiger partial charge in [0, 0.05) is 62.5 Å². The first-order valence-electron chi connectivity index (χ1n) is 14.3. The van der Waals surface area contributed by atoms with E-state index in [1.165, 1.54) is 11.1 Å². The number of piperidine rings is 1. The van der Waals surface area contributed by atoms with Gasteiger partial charge >= 0.3 is 0 Å². The van der Waals surface area contributed by atoms with Gasteiger partial charge in [-0.15, -0.1) is 0 Å². The van der Waals surface area contributed by atoms with Crippen LogP contribution in [0.1, 0.15) is 72.3 Å². The fraction of sp³-hybridized carbons (Fsp3) is 0.455. The van der Waals surface area contributed by atoms with Crippen molar-refractivity contribution in [3.8, 4) is 0 Å². The number of aromatic nitrogens is 1. The van der Waals surface area contributed by atoms with Crippen LogP contribution in [0.25, 0.3) is 11.6 Å². The van der Waals surface area contributed by atoms with E-state index < -0.39 is 0 Å². The molecular formula is C33H47N5O2. The number of likely N-dealkylation sites (N-methyl/N-ethyl adjacent to an activating group) is 1. The van der Waals surface area contributed by atoms with Crippen LogP contribution < -0.4 is 5.73 Å². The highest BCUT2D eigenvalue weighted by Crippen LogP contribution is 2.31. The summed E-state index contributed by atoms with van der Waals surface area (Å²) in [6, 6.07) is 10.2. The normalized spacial score (nSPS) is 18.4. The number of rotatable bonds is 7. The van der Waals surface area contributed by atoms with E-state index in [4.69, 9.17) is 10.5 Å². The van der Waals surface area contributed by atoms with Crippen molar-refractivity contribution in [1.82, 2.24) is 19.7 Å². The summed E-state index contributed by atoms with van der Waals surface area (Å²) in [5, 5.41) is 0. The van der Waals surface area contributed by atoms with Crippen molar-refractivity contribution in [1.29, 1.82) is 0 Å². The highest BCUT2D eigenvalue weighted by Gasteiger charge is 2.23. The quantitative estimate of drug-likeness (QED) is 0.495. The summed E-state index contributed by atoms with van der Waals surface area (Å²) in [6.45, 7) is 11.3. The molecule has 2 N–H and O–H groups in total. The van der Waals surface area contributed by atoms with Gasteiger partial charge in [0.2, 0.25) is 0 Å². The first-order valence-corrected chi connectivity index (χ1v) is 14.3. The second kappa shape index (κ2) is 14.3. The average Bonchev–Trinajstić information content (AvgIpc) is 2.96. The summed E-state index contributed by atoms with van der Waals surface area (Å²) in [5.41, 5.74) is 14.0. The topological polar surface area (TPSA) is 74.9 Å². The van der Waals surface area contributed by atoms with Gasteiger partial charge in [0.15, 0.2) is 0 Å². The number of aryl methyl sites for hydroxylation is 1. The number of nitrogens with zero attached hydrogens (tertiary/aromatic N) is 4. The van der Waals surface area contributed by atoms with Crippen molar-refractivity contribution < 1.29 is 9.53 Å². The number of pyridine rings is 1. The number of allylic oxidation sites excluding steroid dienone is 2. The van der Waals surface area contributed by atoms with E-state index in [0.29, 0.717) is 5.92 Å². The molecule has 0 bridgehead atoms. The minimum absolute atomic E-state index is 0.0474. The van der Waals surface area contributed by atoms with Crippen molar-refractivity contribution in [3.63, 3.8) is 0 Å². The molecule has 0 radical (unpaired) electrons. The Morgan fingerprint density at radius 3 is 2.40 bits per heavy atom. The van der Waals surface area contributed by atoms with Crippen LogP contribution >= 0.6 is 0 Å². The highest BCUT2D eigenvalue weighted by molar-refractivity contribution is 5.93. The molecule has 1 aromatic heterocycles. The lowest BCUT2D eigenvalue weighted by molar-refractivity contribution is 0.0827. The smallest absolute Gasteiger partial charge is 0.253 e. The number of likely N-dealkylation sites (tertiary alicyclic amines) is 1. The van der Waals surface area contributed by atoms with E-state index in [0.717, 1.165) is 66.2 Å². The molecule has 2 aromatic rings. The van der Waals surface area contributed by atoms with Crippen molar-refractivity contribution >= 4 is 17.6 Å². The molecule has 1 unspecified atom stereocenters. The van der Waals surface area contributed by atoms with Gasteiger partial charge in [-0.1, -0.05) is 37.6 Å². The molecule has 1 fully saturated rings. The number of hydrogen-bond donors (Lipinski definition) is 1. The van der Waals surface area contributed by atoms with Crippen molar-refractivity contribution in [2.24, 2.45) is 5.73 Å². The predicted molar refractivity (Wildman–Crippen MR) is 166 cm³/mol. The number of benzene rings is 1. The maximum atomic E-state index is 12.2. The van der Waals surface area contributed by atoms with Gasteiger partial charge in [-0.05, 0) is 81.1 Å². The molecule has 0 spiro atoms. The lowest BCUT2D eigenvalue weighted by Crippen LogP contribution is -2.39. The monoisotopic (exact) mass is 545 g/mol. The van der Waals surface area contributed by atoms with Crippen LogP contribution in [0, 0.1) is 6.92 Å². The summed E-state index contributed by atoms with van der Waals surface area (Å²) in [4.78, 5) is 22.9. The maximum absolute atomic E-state index is 12.2. The van der Waals surface area contributed by atoms with Gasteiger partial charge in [-0.25, -0.2) is 0 Å². The van der Waals surface area contributed by atoms with Crippen LogP contribution in [0.5, 0.6) is 0 Å².